The third-order valence-corrected chi connectivity index (χ3v) is 3.11. The largest absolute Gasteiger partial charge is 0.481 e. The zero-order chi connectivity index (χ0) is 13.8. The van der Waals surface area contributed by atoms with Gasteiger partial charge in [0.1, 0.15) is 5.82 Å². The Hall–Kier alpha value is -2.28. The summed E-state index contributed by atoms with van der Waals surface area (Å²) in [6.45, 7) is 2.50. The Balaban J connectivity index is 2.46. The van der Waals surface area contributed by atoms with E-state index in [-0.39, 0.29) is 6.42 Å². The Morgan fingerprint density at radius 1 is 1.53 bits per heavy atom. The van der Waals surface area contributed by atoms with Crippen LogP contribution >= 0.6 is 0 Å². The lowest BCUT2D eigenvalue weighted by Crippen LogP contribution is -2.06. The van der Waals surface area contributed by atoms with Crippen molar-refractivity contribution in [1.82, 2.24) is 9.55 Å². The van der Waals surface area contributed by atoms with Gasteiger partial charge >= 0.3 is 5.97 Å². The van der Waals surface area contributed by atoms with E-state index in [0.29, 0.717) is 13.0 Å². The topological polar surface area (TPSA) is 55.1 Å². The summed E-state index contributed by atoms with van der Waals surface area (Å²) in [5, 5.41) is 8.78. The average Bonchev–Trinajstić information content (AvgIpc) is 2.74. The van der Waals surface area contributed by atoms with Crippen LogP contribution in [0.15, 0.2) is 18.2 Å². The van der Waals surface area contributed by atoms with Gasteiger partial charge in [-0.1, -0.05) is 18.9 Å². The monoisotopic (exact) mass is 256 g/mol. The minimum atomic E-state index is -0.825. The highest BCUT2D eigenvalue weighted by atomic mass is 16.4. The average molecular weight is 256 g/mol. The summed E-state index contributed by atoms with van der Waals surface area (Å²) >= 11 is 0. The molecule has 1 heterocycles. The number of rotatable bonds is 5. The number of nitrogens with zero attached hydrogens (tertiary/aromatic N) is 2. The summed E-state index contributed by atoms with van der Waals surface area (Å²) in [5.41, 5.74) is 3.06. The molecule has 0 spiro atoms. The van der Waals surface area contributed by atoms with Crippen LogP contribution in [0.5, 0.6) is 0 Å². The third-order valence-electron chi connectivity index (χ3n) is 3.11. The fraction of sp³-hybridized carbons (Fsp3) is 0.333. The van der Waals surface area contributed by atoms with Crippen molar-refractivity contribution in [3.05, 3.63) is 29.6 Å². The van der Waals surface area contributed by atoms with Crippen LogP contribution in [0.4, 0.5) is 0 Å². The quantitative estimate of drug-likeness (QED) is 0.835. The summed E-state index contributed by atoms with van der Waals surface area (Å²) in [7, 11) is 0. The molecule has 4 heteroatoms. The van der Waals surface area contributed by atoms with E-state index < -0.39 is 5.97 Å². The minimum Gasteiger partial charge on any atom is -0.481 e. The predicted octanol–water partition coefficient (Wildman–Crippen LogP) is 2.25. The van der Waals surface area contributed by atoms with E-state index in [1.54, 1.807) is 0 Å². The highest BCUT2D eigenvalue weighted by Gasteiger charge is 2.11. The number of carbonyl (C=O) groups is 1. The molecule has 4 nitrogen and oxygen atoms in total. The number of imidazole rings is 1. The third kappa shape index (κ3) is 2.76. The number of aryl methyl sites for hydroxylation is 2. The number of carboxylic acid groups (broad SMARTS) is 1. The molecule has 1 N–H and O–H groups in total. The fourth-order valence-electron chi connectivity index (χ4n) is 2.12. The van der Waals surface area contributed by atoms with Crippen molar-refractivity contribution in [3.8, 4) is 12.3 Å². The molecule has 0 saturated heterocycles. The molecule has 0 aliphatic rings. The fourth-order valence-corrected chi connectivity index (χ4v) is 2.12. The van der Waals surface area contributed by atoms with Gasteiger partial charge in [-0.25, -0.2) is 4.98 Å². The van der Waals surface area contributed by atoms with Crippen molar-refractivity contribution in [2.75, 3.05) is 0 Å². The second-order valence-corrected chi connectivity index (χ2v) is 4.39. The Labute approximate surface area is 112 Å². The van der Waals surface area contributed by atoms with Crippen molar-refractivity contribution in [3.63, 3.8) is 0 Å². The second-order valence-electron chi connectivity index (χ2n) is 4.39. The van der Waals surface area contributed by atoms with Gasteiger partial charge in [0.05, 0.1) is 24.0 Å². The molecule has 0 amide bonds. The molecule has 0 bridgehead atoms. The lowest BCUT2D eigenvalue weighted by atomic mass is 10.1. The van der Waals surface area contributed by atoms with Gasteiger partial charge in [0, 0.05) is 6.42 Å². The van der Waals surface area contributed by atoms with Gasteiger partial charge < -0.3 is 9.67 Å². The van der Waals surface area contributed by atoms with Gasteiger partial charge in [0.2, 0.25) is 0 Å². The molecule has 98 valence electrons. The molecule has 0 saturated carbocycles. The molecule has 1 aromatic carbocycles. The minimum absolute atomic E-state index is 0.0640. The molecule has 0 unspecified atom stereocenters. The van der Waals surface area contributed by atoms with Gasteiger partial charge in [-0.15, -0.1) is 6.42 Å². The number of hydrogen-bond donors (Lipinski definition) is 1. The lowest BCUT2D eigenvalue weighted by molar-refractivity contribution is -0.137. The van der Waals surface area contributed by atoms with Crippen LogP contribution in [0.1, 0.15) is 24.7 Å². The number of hydrogen-bond acceptors (Lipinski definition) is 2. The molecule has 0 aliphatic carbocycles. The van der Waals surface area contributed by atoms with Gasteiger partial charge in [-0.05, 0) is 24.1 Å². The van der Waals surface area contributed by atoms with E-state index in [1.807, 2.05) is 16.7 Å². The molecular formula is C15H16N2O2. The number of benzene rings is 1. The van der Waals surface area contributed by atoms with Gasteiger partial charge in [-0.3, -0.25) is 4.79 Å². The SMILES string of the molecule is C#CCn1c(CCC(=O)O)nc2cc(CC)ccc21. The van der Waals surface area contributed by atoms with Crippen LogP contribution in [0, 0.1) is 12.3 Å². The van der Waals surface area contributed by atoms with Crippen LogP contribution in [-0.2, 0) is 24.2 Å². The number of terminal acetylenes is 1. The molecule has 0 radical (unpaired) electrons. The maximum absolute atomic E-state index is 10.7. The Morgan fingerprint density at radius 3 is 2.95 bits per heavy atom. The first-order chi connectivity index (χ1) is 9.15. The van der Waals surface area contributed by atoms with Crippen molar-refractivity contribution in [2.24, 2.45) is 0 Å². The molecular weight excluding hydrogens is 240 g/mol. The van der Waals surface area contributed by atoms with Crippen LogP contribution in [0.25, 0.3) is 11.0 Å². The zero-order valence-electron chi connectivity index (χ0n) is 10.9. The number of aliphatic carboxylic acids is 1. The molecule has 0 aliphatic heterocycles. The standard InChI is InChI=1S/C15H16N2O2/c1-3-9-17-13-6-5-11(4-2)10-12(13)16-14(17)7-8-15(18)19/h1,5-6,10H,4,7-9H2,2H3,(H,18,19). The summed E-state index contributed by atoms with van der Waals surface area (Å²) in [6, 6.07) is 6.09. The smallest absolute Gasteiger partial charge is 0.303 e. The Bertz CT molecular complexity index is 650. The second kappa shape index (κ2) is 5.57. The molecule has 0 atom stereocenters. The van der Waals surface area contributed by atoms with E-state index in [9.17, 15) is 4.79 Å². The summed E-state index contributed by atoms with van der Waals surface area (Å²) in [4.78, 5) is 15.2. The maximum Gasteiger partial charge on any atom is 0.303 e. The first-order valence-electron chi connectivity index (χ1n) is 6.29. The van der Waals surface area contributed by atoms with E-state index in [2.05, 4.69) is 23.9 Å². The summed E-state index contributed by atoms with van der Waals surface area (Å²) < 4.78 is 1.91. The van der Waals surface area contributed by atoms with E-state index >= 15 is 0 Å². The first-order valence-corrected chi connectivity index (χ1v) is 6.29. The van der Waals surface area contributed by atoms with E-state index in [1.165, 1.54) is 5.56 Å². The van der Waals surface area contributed by atoms with Gasteiger partial charge in [0.25, 0.3) is 0 Å². The van der Waals surface area contributed by atoms with Crippen molar-refractivity contribution in [2.45, 2.75) is 32.7 Å². The normalized spacial score (nSPS) is 10.5. The summed E-state index contributed by atoms with van der Waals surface area (Å²) in [5.74, 6) is 2.51. The van der Waals surface area contributed by atoms with Crippen LogP contribution < -0.4 is 0 Å². The van der Waals surface area contributed by atoms with E-state index in [4.69, 9.17) is 11.5 Å². The molecule has 1 aromatic heterocycles. The number of fused-ring (bicyclic) bond motifs is 1. The van der Waals surface area contributed by atoms with Crippen LogP contribution in [-0.4, -0.2) is 20.6 Å². The van der Waals surface area contributed by atoms with Crippen LogP contribution in [0.2, 0.25) is 0 Å². The van der Waals surface area contributed by atoms with Gasteiger partial charge in [0.15, 0.2) is 0 Å². The first kappa shape index (κ1) is 13.2. The van der Waals surface area contributed by atoms with Crippen molar-refractivity contribution in [1.29, 1.82) is 0 Å². The van der Waals surface area contributed by atoms with Gasteiger partial charge in [-0.2, -0.15) is 0 Å². The lowest BCUT2D eigenvalue weighted by Gasteiger charge is -2.04. The molecule has 2 aromatic rings. The highest BCUT2D eigenvalue weighted by Crippen LogP contribution is 2.19. The maximum atomic E-state index is 10.7. The Morgan fingerprint density at radius 2 is 2.32 bits per heavy atom. The predicted molar refractivity (Wildman–Crippen MR) is 73.9 cm³/mol. The van der Waals surface area contributed by atoms with E-state index in [0.717, 1.165) is 23.3 Å². The molecule has 19 heavy (non-hydrogen) atoms. The number of aromatic nitrogens is 2. The highest BCUT2D eigenvalue weighted by molar-refractivity contribution is 5.77. The van der Waals surface area contributed by atoms with Crippen molar-refractivity contribution >= 4 is 17.0 Å². The zero-order valence-corrected chi connectivity index (χ0v) is 10.9. The summed E-state index contributed by atoms with van der Waals surface area (Å²) in [6.07, 6.45) is 6.78. The number of carboxylic acids is 1. The molecule has 0 fully saturated rings. The van der Waals surface area contributed by atoms with Crippen molar-refractivity contribution < 1.29 is 9.90 Å². The molecule has 2 rings (SSSR count). The van der Waals surface area contributed by atoms with Crippen LogP contribution in [0.3, 0.4) is 0 Å². The Kier molecular flexibility index (Phi) is 3.86.